The number of hydrogen-bond acceptors (Lipinski definition) is 3. The highest BCUT2D eigenvalue weighted by molar-refractivity contribution is 5.87. The van der Waals surface area contributed by atoms with Crippen molar-refractivity contribution in [3.63, 3.8) is 0 Å². The van der Waals surface area contributed by atoms with Crippen LogP contribution in [0.15, 0.2) is 66.7 Å². The molecule has 1 atom stereocenters. The molecule has 0 fully saturated rings. The lowest BCUT2D eigenvalue weighted by Gasteiger charge is -2.44. The van der Waals surface area contributed by atoms with Crippen molar-refractivity contribution in [3.8, 4) is 0 Å². The van der Waals surface area contributed by atoms with Crippen LogP contribution < -0.4 is 4.90 Å². The molecule has 0 saturated heterocycles. The van der Waals surface area contributed by atoms with E-state index < -0.39 is 12.1 Å². The van der Waals surface area contributed by atoms with E-state index in [0.717, 1.165) is 35.2 Å². The Kier molecular flexibility index (Phi) is 7.29. The maximum Gasteiger partial charge on any atom is 0.335 e. The maximum absolute atomic E-state index is 13.5. The molecule has 0 radical (unpaired) electrons. The zero-order chi connectivity index (χ0) is 27.0. The van der Waals surface area contributed by atoms with Crippen LogP contribution in [0.1, 0.15) is 84.8 Å². The van der Waals surface area contributed by atoms with Gasteiger partial charge in [-0.05, 0) is 81.8 Å². The lowest BCUT2D eigenvalue weighted by atomic mass is 9.62. The minimum atomic E-state index is -0.965. The first-order chi connectivity index (χ1) is 17.4. The summed E-state index contributed by atoms with van der Waals surface area (Å²) in [7, 11) is 2.05. The number of nitrogens with zero attached hydrogens (tertiary/aromatic N) is 1. The van der Waals surface area contributed by atoms with Crippen molar-refractivity contribution in [2.45, 2.75) is 64.0 Å². The van der Waals surface area contributed by atoms with E-state index in [1.54, 1.807) is 30.3 Å². The Morgan fingerprint density at radius 2 is 1.62 bits per heavy atom. The largest absolute Gasteiger partial charge is 0.478 e. The van der Waals surface area contributed by atoms with Crippen LogP contribution in [0.25, 0.3) is 6.08 Å². The van der Waals surface area contributed by atoms with Gasteiger partial charge in [0.15, 0.2) is 0 Å². The second-order valence-corrected chi connectivity index (χ2v) is 11.4. The smallest absolute Gasteiger partial charge is 0.335 e. The summed E-state index contributed by atoms with van der Waals surface area (Å²) in [6.45, 7) is 9.72. The van der Waals surface area contributed by atoms with Crippen molar-refractivity contribution in [1.82, 2.24) is 0 Å². The zero-order valence-electron chi connectivity index (χ0n) is 22.3. The molecule has 0 spiro atoms. The third-order valence-corrected chi connectivity index (χ3v) is 7.64. The van der Waals surface area contributed by atoms with E-state index >= 15 is 0 Å². The number of carboxylic acid groups (broad SMARTS) is 1. The molecule has 194 valence electrons. The van der Waals surface area contributed by atoms with E-state index in [9.17, 15) is 14.3 Å². The van der Waals surface area contributed by atoms with Crippen molar-refractivity contribution >= 4 is 17.7 Å². The van der Waals surface area contributed by atoms with Gasteiger partial charge in [0.05, 0.1) is 11.7 Å². The first-order valence-electron chi connectivity index (χ1n) is 12.7. The summed E-state index contributed by atoms with van der Waals surface area (Å²) in [6.07, 6.45) is 4.84. The van der Waals surface area contributed by atoms with E-state index in [1.807, 2.05) is 25.3 Å². The van der Waals surface area contributed by atoms with Gasteiger partial charge in [0.1, 0.15) is 5.82 Å². The molecule has 3 aromatic rings. The number of halogens is 1. The summed E-state index contributed by atoms with van der Waals surface area (Å²) in [5, 5.41) is 20.3. The van der Waals surface area contributed by atoms with E-state index in [0.29, 0.717) is 6.54 Å². The fourth-order valence-electron chi connectivity index (χ4n) is 5.25. The molecule has 0 bridgehead atoms. The Balaban J connectivity index is 1.73. The van der Waals surface area contributed by atoms with Crippen LogP contribution in [0, 0.1) is 5.82 Å². The summed E-state index contributed by atoms with van der Waals surface area (Å²) in [5.41, 5.74) is 6.43. The molecule has 5 heteroatoms. The van der Waals surface area contributed by atoms with Gasteiger partial charge in [-0.15, -0.1) is 0 Å². The van der Waals surface area contributed by atoms with Gasteiger partial charge in [0.25, 0.3) is 0 Å². The molecule has 0 amide bonds. The molecule has 4 rings (SSSR count). The standard InChI is InChI=1S/C32H36FNO3/c1-31(2)16-17-32(3,4)29-26(31)18-24(19-27(29)34(5)20-22-8-13-25(33)14-9-22)28(35)15-10-21-6-11-23(12-7-21)30(36)37/h6-15,18-19,28,35H,16-17,20H2,1-5H3,(H,36,37)/b15-10+. The number of rotatable bonds is 7. The van der Waals surface area contributed by atoms with Crippen LogP contribution in [0.2, 0.25) is 0 Å². The van der Waals surface area contributed by atoms with Gasteiger partial charge in [-0.25, -0.2) is 9.18 Å². The lowest BCUT2D eigenvalue weighted by Crippen LogP contribution is -2.36. The number of benzene rings is 3. The molecular weight excluding hydrogens is 465 g/mol. The lowest BCUT2D eigenvalue weighted by molar-refractivity contribution is 0.0697. The van der Waals surface area contributed by atoms with Crippen molar-refractivity contribution in [1.29, 1.82) is 0 Å². The second-order valence-electron chi connectivity index (χ2n) is 11.4. The van der Waals surface area contributed by atoms with Crippen LogP contribution in [-0.2, 0) is 17.4 Å². The predicted octanol–water partition coefficient (Wildman–Crippen LogP) is 7.26. The van der Waals surface area contributed by atoms with Crippen molar-refractivity contribution in [2.24, 2.45) is 0 Å². The molecule has 3 aromatic carbocycles. The minimum absolute atomic E-state index is 0.0253. The van der Waals surface area contributed by atoms with Crippen LogP contribution in [-0.4, -0.2) is 23.2 Å². The summed E-state index contributed by atoms with van der Waals surface area (Å²) in [6, 6.07) is 17.4. The highest BCUT2D eigenvalue weighted by atomic mass is 19.1. The van der Waals surface area contributed by atoms with Gasteiger partial charge >= 0.3 is 5.97 Å². The molecule has 4 nitrogen and oxygen atoms in total. The number of aliphatic hydroxyl groups is 1. The molecule has 37 heavy (non-hydrogen) atoms. The Morgan fingerprint density at radius 3 is 2.24 bits per heavy atom. The van der Waals surface area contributed by atoms with Crippen molar-refractivity contribution in [2.75, 3.05) is 11.9 Å². The Bertz CT molecular complexity index is 1310. The van der Waals surface area contributed by atoms with Crippen molar-refractivity contribution < 1.29 is 19.4 Å². The van der Waals surface area contributed by atoms with Crippen LogP contribution in [0.4, 0.5) is 10.1 Å². The molecule has 0 heterocycles. The van der Waals surface area contributed by atoms with Gasteiger partial charge in [-0.2, -0.15) is 0 Å². The first-order valence-corrected chi connectivity index (χ1v) is 12.7. The number of hydrogen-bond donors (Lipinski definition) is 2. The molecule has 0 aromatic heterocycles. The van der Waals surface area contributed by atoms with E-state index in [1.165, 1.54) is 23.3 Å². The summed E-state index contributed by atoms with van der Waals surface area (Å²) >= 11 is 0. The second kappa shape index (κ2) is 10.1. The summed E-state index contributed by atoms with van der Waals surface area (Å²) in [5.74, 6) is -1.21. The van der Waals surface area contributed by atoms with Gasteiger partial charge < -0.3 is 15.1 Å². The fraction of sp³-hybridized carbons (Fsp3) is 0.344. The van der Waals surface area contributed by atoms with Crippen molar-refractivity contribution in [3.05, 3.63) is 106 Å². The number of fused-ring (bicyclic) bond motifs is 1. The minimum Gasteiger partial charge on any atom is -0.478 e. The van der Waals surface area contributed by atoms with Crippen LogP contribution in [0.3, 0.4) is 0 Å². The molecule has 1 aliphatic rings. The maximum atomic E-state index is 13.5. The third-order valence-electron chi connectivity index (χ3n) is 7.64. The first kappa shape index (κ1) is 26.6. The molecule has 0 saturated carbocycles. The monoisotopic (exact) mass is 501 g/mol. The highest BCUT2D eigenvalue weighted by Crippen LogP contribution is 2.50. The molecular formula is C32H36FNO3. The Morgan fingerprint density at radius 1 is 1.00 bits per heavy atom. The molecule has 1 unspecified atom stereocenters. The zero-order valence-corrected chi connectivity index (χ0v) is 22.3. The number of carbonyl (C=O) groups is 1. The van der Waals surface area contributed by atoms with Gasteiger partial charge in [0.2, 0.25) is 0 Å². The number of aromatic carboxylic acids is 1. The van der Waals surface area contributed by atoms with Gasteiger partial charge in [0, 0.05) is 19.3 Å². The predicted molar refractivity (Wildman–Crippen MR) is 148 cm³/mol. The number of aliphatic hydroxyl groups excluding tert-OH is 1. The number of anilines is 1. The van der Waals surface area contributed by atoms with Gasteiger partial charge in [-0.1, -0.05) is 70.2 Å². The average molecular weight is 502 g/mol. The summed E-state index contributed by atoms with van der Waals surface area (Å²) < 4.78 is 13.5. The van der Waals surface area contributed by atoms with E-state index in [-0.39, 0.29) is 22.2 Å². The normalized spacial score (nSPS) is 16.8. The molecule has 0 aliphatic heterocycles. The van der Waals surface area contributed by atoms with E-state index in [4.69, 9.17) is 5.11 Å². The average Bonchev–Trinajstić information content (AvgIpc) is 2.86. The Labute approximate surface area is 219 Å². The van der Waals surface area contributed by atoms with Gasteiger partial charge in [-0.3, -0.25) is 0 Å². The SMILES string of the molecule is CN(Cc1ccc(F)cc1)c1cc(C(O)/C=C/c2ccc(C(=O)O)cc2)cc2c1C(C)(C)CCC2(C)C. The van der Waals surface area contributed by atoms with Crippen LogP contribution >= 0.6 is 0 Å². The quantitative estimate of drug-likeness (QED) is 0.358. The van der Waals surface area contributed by atoms with Crippen LogP contribution in [0.5, 0.6) is 0 Å². The highest BCUT2D eigenvalue weighted by Gasteiger charge is 2.40. The topological polar surface area (TPSA) is 60.8 Å². The molecule has 1 aliphatic carbocycles. The fourth-order valence-corrected chi connectivity index (χ4v) is 5.25. The number of carboxylic acids is 1. The van der Waals surface area contributed by atoms with E-state index in [2.05, 4.69) is 44.7 Å². The summed E-state index contributed by atoms with van der Waals surface area (Å²) in [4.78, 5) is 13.3. The third kappa shape index (κ3) is 5.78. The molecule has 2 N–H and O–H groups in total. The Hall–Kier alpha value is -3.44.